The lowest BCUT2D eigenvalue weighted by atomic mass is 10.0. The summed E-state index contributed by atoms with van der Waals surface area (Å²) in [6.07, 6.45) is 0. The Morgan fingerprint density at radius 3 is 2.56 bits per heavy atom. The topological polar surface area (TPSA) is 65.9 Å². The van der Waals surface area contributed by atoms with Crippen LogP contribution in [0.25, 0.3) is 11.1 Å². The summed E-state index contributed by atoms with van der Waals surface area (Å²) in [5.41, 5.74) is 0.403. The number of nitrogens with zero attached hydrogens (tertiary/aromatic N) is 1. The van der Waals surface area contributed by atoms with Crippen molar-refractivity contribution < 1.29 is 17.9 Å². The zero-order valence-electron chi connectivity index (χ0n) is 14.1. The summed E-state index contributed by atoms with van der Waals surface area (Å²) < 4.78 is 46.4. The molecule has 0 atom stereocenters. The van der Waals surface area contributed by atoms with Crippen molar-refractivity contribution in [3.8, 4) is 22.9 Å². The van der Waals surface area contributed by atoms with Gasteiger partial charge >= 0.3 is 0 Å². The van der Waals surface area contributed by atoms with E-state index in [4.69, 9.17) is 4.74 Å². The smallest absolute Gasteiger partial charge is 0.266 e. The van der Waals surface area contributed by atoms with E-state index in [1.807, 2.05) is 6.07 Å². The summed E-state index contributed by atoms with van der Waals surface area (Å²) in [5.74, 6) is -2.21. The van der Waals surface area contributed by atoms with Crippen LogP contribution in [0.5, 0.6) is 5.75 Å². The maximum absolute atomic E-state index is 14.4. The summed E-state index contributed by atoms with van der Waals surface area (Å²) in [6, 6.07) is 10.2. The van der Waals surface area contributed by atoms with Gasteiger partial charge < -0.3 is 9.72 Å². The van der Waals surface area contributed by atoms with Gasteiger partial charge in [-0.2, -0.15) is 5.26 Å². The Bertz CT molecular complexity index is 1120. The highest BCUT2D eigenvalue weighted by Crippen LogP contribution is 2.28. The van der Waals surface area contributed by atoms with Gasteiger partial charge in [0.15, 0.2) is 11.6 Å². The molecule has 0 saturated carbocycles. The standard InChI is InChI=1S/C20H13F3N2O2/c1-11-6-15(16(9-24)20(26)25-11)12-2-5-19(18(23)8-12)27-10-13-7-14(21)3-4-17(13)22/h2-8H,10H2,1H3,(H,25,26). The van der Waals surface area contributed by atoms with Crippen molar-refractivity contribution in [2.24, 2.45) is 0 Å². The Morgan fingerprint density at radius 1 is 1.07 bits per heavy atom. The van der Waals surface area contributed by atoms with Crippen LogP contribution in [0.3, 0.4) is 0 Å². The van der Waals surface area contributed by atoms with Crippen LogP contribution in [0.15, 0.2) is 47.3 Å². The summed E-state index contributed by atoms with van der Waals surface area (Å²) in [7, 11) is 0. The van der Waals surface area contributed by atoms with E-state index in [-0.39, 0.29) is 23.5 Å². The monoisotopic (exact) mass is 370 g/mol. The number of rotatable bonds is 4. The minimum absolute atomic E-state index is 0.0459. The third-order valence-electron chi connectivity index (χ3n) is 3.91. The molecule has 7 heteroatoms. The number of H-pyrrole nitrogens is 1. The second kappa shape index (κ2) is 7.38. The minimum atomic E-state index is -0.758. The Morgan fingerprint density at radius 2 is 1.85 bits per heavy atom. The lowest BCUT2D eigenvalue weighted by Crippen LogP contribution is -2.12. The van der Waals surface area contributed by atoms with E-state index in [0.29, 0.717) is 16.8 Å². The molecule has 1 heterocycles. The fraction of sp³-hybridized carbons (Fsp3) is 0.100. The first kappa shape index (κ1) is 18.3. The number of halogens is 3. The third-order valence-corrected chi connectivity index (χ3v) is 3.91. The molecule has 2 aromatic carbocycles. The number of benzene rings is 2. The molecule has 0 aliphatic carbocycles. The van der Waals surface area contributed by atoms with Gasteiger partial charge in [0.2, 0.25) is 0 Å². The number of ether oxygens (including phenoxy) is 1. The van der Waals surface area contributed by atoms with Gasteiger partial charge in [-0.25, -0.2) is 13.2 Å². The molecule has 0 aliphatic heterocycles. The van der Waals surface area contributed by atoms with E-state index in [9.17, 15) is 23.2 Å². The van der Waals surface area contributed by atoms with Gasteiger partial charge in [-0.05, 0) is 48.9 Å². The molecule has 1 N–H and O–H groups in total. The van der Waals surface area contributed by atoms with Gasteiger partial charge in [0.25, 0.3) is 5.56 Å². The first-order valence-electron chi connectivity index (χ1n) is 7.89. The molecular weight excluding hydrogens is 357 g/mol. The summed E-state index contributed by atoms with van der Waals surface area (Å²) in [4.78, 5) is 14.4. The summed E-state index contributed by atoms with van der Waals surface area (Å²) >= 11 is 0. The molecule has 1 aromatic heterocycles. The molecule has 0 fully saturated rings. The molecule has 4 nitrogen and oxygen atoms in total. The maximum Gasteiger partial charge on any atom is 0.266 e. The zero-order valence-corrected chi connectivity index (χ0v) is 14.1. The van der Waals surface area contributed by atoms with Gasteiger partial charge in [-0.3, -0.25) is 4.79 Å². The largest absolute Gasteiger partial charge is 0.486 e. The van der Waals surface area contributed by atoms with Crippen molar-refractivity contribution in [2.45, 2.75) is 13.5 Å². The molecule has 0 unspecified atom stereocenters. The molecular formula is C20H13F3N2O2. The quantitative estimate of drug-likeness (QED) is 0.748. The predicted molar refractivity (Wildman–Crippen MR) is 92.6 cm³/mol. The van der Waals surface area contributed by atoms with E-state index >= 15 is 0 Å². The fourth-order valence-electron chi connectivity index (χ4n) is 2.62. The molecule has 0 amide bonds. The average Bonchev–Trinajstić information content (AvgIpc) is 2.62. The van der Waals surface area contributed by atoms with Gasteiger partial charge in [0.05, 0.1) is 0 Å². The van der Waals surface area contributed by atoms with Crippen LogP contribution in [0, 0.1) is 35.7 Å². The highest BCUT2D eigenvalue weighted by atomic mass is 19.1. The van der Waals surface area contributed by atoms with Gasteiger partial charge in [-0.15, -0.1) is 0 Å². The van der Waals surface area contributed by atoms with Crippen LogP contribution < -0.4 is 10.3 Å². The average molecular weight is 370 g/mol. The maximum atomic E-state index is 14.4. The Kier molecular flexibility index (Phi) is 4.99. The normalized spacial score (nSPS) is 10.5. The van der Waals surface area contributed by atoms with E-state index in [1.54, 1.807) is 13.0 Å². The summed E-state index contributed by atoms with van der Waals surface area (Å²) in [6.45, 7) is 1.29. The highest BCUT2D eigenvalue weighted by molar-refractivity contribution is 5.71. The van der Waals surface area contributed by atoms with Crippen molar-refractivity contribution in [2.75, 3.05) is 0 Å². The molecule has 3 aromatic rings. The van der Waals surface area contributed by atoms with Crippen LogP contribution in [0.4, 0.5) is 13.2 Å². The molecule has 0 bridgehead atoms. The second-order valence-electron chi connectivity index (χ2n) is 5.85. The molecule has 0 radical (unpaired) electrons. The number of nitriles is 1. The first-order valence-corrected chi connectivity index (χ1v) is 7.89. The van der Waals surface area contributed by atoms with Crippen LogP contribution in [-0.4, -0.2) is 4.98 Å². The van der Waals surface area contributed by atoms with Crippen LogP contribution in [0.2, 0.25) is 0 Å². The van der Waals surface area contributed by atoms with E-state index in [2.05, 4.69) is 4.98 Å². The van der Waals surface area contributed by atoms with Crippen molar-refractivity contribution >= 4 is 0 Å². The number of hydrogen-bond donors (Lipinski definition) is 1. The van der Waals surface area contributed by atoms with Crippen molar-refractivity contribution in [1.29, 1.82) is 5.26 Å². The molecule has 3 rings (SSSR count). The lowest BCUT2D eigenvalue weighted by Gasteiger charge is -2.11. The number of aryl methyl sites for hydroxylation is 1. The van der Waals surface area contributed by atoms with Crippen LogP contribution in [0.1, 0.15) is 16.8 Å². The molecule has 0 aliphatic rings. The van der Waals surface area contributed by atoms with E-state index in [1.165, 1.54) is 12.1 Å². The molecule has 0 spiro atoms. The molecule has 136 valence electrons. The van der Waals surface area contributed by atoms with Gasteiger partial charge in [0, 0.05) is 16.8 Å². The third kappa shape index (κ3) is 3.85. The van der Waals surface area contributed by atoms with Crippen molar-refractivity contribution in [3.63, 3.8) is 0 Å². The first-order chi connectivity index (χ1) is 12.9. The van der Waals surface area contributed by atoms with Gasteiger partial charge in [-0.1, -0.05) is 6.07 Å². The number of hydrogen-bond acceptors (Lipinski definition) is 3. The molecule has 0 saturated heterocycles. The van der Waals surface area contributed by atoms with E-state index < -0.39 is 23.0 Å². The number of pyridine rings is 1. The van der Waals surface area contributed by atoms with Crippen molar-refractivity contribution in [3.05, 3.63) is 87.1 Å². The number of aromatic amines is 1. The Hall–Kier alpha value is -3.53. The second-order valence-corrected chi connectivity index (χ2v) is 5.85. The fourth-order valence-corrected chi connectivity index (χ4v) is 2.62. The van der Waals surface area contributed by atoms with Crippen LogP contribution in [-0.2, 0) is 6.61 Å². The minimum Gasteiger partial charge on any atom is -0.486 e. The SMILES string of the molecule is Cc1cc(-c2ccc(OCc3cc(F)ccc3F)c(F)c2)c(C#N)c(=O)[nH]1. The Balaban J connectivity index is 1.90. The van der Waals surface area contributed by atoms with Gasteiger partial charge in [0.1, 0.15) is 29.9 Å². The Labute approximate surface area is 152 Å². The van der Waals surface area contributed by atoms with E-state index in [0.717, 1.165) is 24.3 Å². The predicted octanol–water partition coefficient (Wildman–Crippen LogP) is 4.22. The number of aromatic nitrogens is 1. The molecule has 27 heavy (non-hydrogen) atoms. The zero-order chi connectivity index (χ0) is 19.6. The number of nitrogens with one attached hydrogen (secondary N) is 1. The highest BCUT2D eigenvalue weighted by Gasteiger charge is 2.14. The summed E-state index contributed by atoms with van der Waals surface area (Å²) in [5, 5.41) is 9.18. The van der Waals surface area contributed by atoms with Crippen LogP contribution >= 0.6 is 0 Å². The van der Waals surface area contributed by atoms with Crippen molar-refractivity contribution in [1.82, 2.24) is 4.98 Å². The lowest BCUT2D eigenvalue weighted by molar-refractivity contribution is 0.284.